The van der Waals surface area contributed by atoms with Crippen LogP contribution in [0.2, 0.25) is 0 Å². The van der Waals surface area contributed by atoms with E-state index >= 15 is 0 Å². The fourth-order valence-electron chi connectivity index (χ4n) is 0.412. The first kappa shape index (κ1) is 6.54. The maximum Gasteiger partial charge on any atom is 0.129 e. The summed E-state index contributed by atoms with van der Waals surface area (Å²) in [4.78, 5) is 0. The molecule has 0 radical (unpaired) electrons. The molecule has 44 valence electrons. The van der Waals surface area contributed by atoms with E-state index in [9.17, 15) is 0 Å². The van der Waals surface area contributed by atoms with Crippen molar-refractivity contribution < 1.29 is 0 Å². The molecule has 0 fully saturated rings. The van der Waals surface area contributed by atoms with E-state index in [1.165, 1.54) is 0 Å². The second-order valence-electron chi connectivity index (χ2n) is 1.41. The summed E-state index contributed by atoms with van der Waals surface area (Å²) in [5.74, 6) is 0. The van der Waals surface area contributed by atoms with Crippen LogP contribution in [0.5, 0.6) is 0 Å². The van der Waals surface area contributed by atoms with E-state index < -0.39 is 0 Å². The molecule has 0 spiro atoms. The summed E-state index contributed by atoms with van der Waals surface area (Å²) in [5, 5.41) is 4.04. The number of hydrogen-bond acceptors (Lipinski definition) is 1. The van der Waals surface area contributed by atoms with Gasteiger partial charge in [0.25, 0.3) is 0 Å². The van der Waals surface area contributed by atoms with Crippen molar-refractivity contribution in [1.82, 2.24) is 9.78 Å². The number of nitrogens with zero attached hydrogens (tertiary/aromatic N) is 2. The standard InChI is InChI=1S/C4H4BrIN2/c1-8-4(6)2-3(5)7-8/h2H,1H3. The molecule has 0 aromatic carbocycles. The monoisotopic (exact) mass is 286 g/mol. The zero-order valence-corrected chi connectivity index (χ0v) is 7.97. The summed E-state index contributed by atoms with van der Waals surface area (Å²) in [7, 11) is 1.91. The molecule has 1 aromatic heterocycles. The third kappa shape index (κ3) is 1.22. The van der Waals surface area contributed by atoms with Gasteiger partial charge in [0.1, 0.15) is 4.60 Å². The van der Waals surface area contributed by atoms with Gasteiger partial charge < -0.3 is 0 Å². The van der Waals surface area contributed by atoms with Crippen molar-refractivity contribution >= 4 is 38.5 Å². The zero-order chi connectivity index (χ0) is 6.15. The molecule has 0 atom stereocenters. The molecule has 0 unspecified atom stereocenters. The maximum atomic E-state index is 4.04. The lowest BCUT2D eigenvalue weighted by Crippen LogP contribution is -1.90. The predicted molar refractivity (Wildman–Crippen MR) is 43.6 cm³/mol. The van der Waals surface area contributed by atoms with Gasteiger partial charge in [-0.25, -0.2) is 0 Å². The minimum absolute atomic E-state index is 0.893. The van der Waals surface area contributed by atoms with E-state index in [0.717, 1.165) is 8.30 Å². The van der Waals surface area contributed by atoms with E-state index in [0.29, 0.717) is 0 Å². The Bertz CT molecular complexity index is 176. The number of hydrogen-bond donors (Lipinski definition) is 0. The Labute approximate surface area is 69.5 Å². The van der Waals surface area contributed by atoms with Gasteiger partial charge in [0, 0.05) is 13.1 Å². The first-order valence-electron chi connectivity index (χ1n) is 2.05. The minimum atomic E-state index is 0.893. The molecule has 1 heterocycles. The topological polar surface area (TPSA) is 17.8 Å². The molecule has 0 saturated heterocycles. The van der Waals surface area contributed by atoms with E-state index in [4.69, 9.17) is 0 Å². The SMILES string of the molecule is Cn1nc(Br)cc1I. The van der Waals surface area contributed by atoms with Crippen molar-refractivity contribution in [3.05, 3.63) is 14.4 Å². The van der Waals surface area contributed by atoms with Gasteiger partial charge in [-0.1, -0.05) is 0 Å². The molecule has 2 nitrogen and oxygen atoms in total. The maximum absolute atomic E-state index is 4.04. The number of aryl methyl sites for hydroxylation is 1. The minimum Gasteiger partial charge on any atom is -0.261 e. The Balaban J connectivity index is 3.14. The van der Waals surface area contributed by atoms with Gasteiger partial charge in [-0.2, -0.15) is 5.10 Å². The van der Waals surface area contributed by atoms with Gasteiger partial charge in [-0.15, -0.1) is 0 Å². The zero-order valence-electron chi connectivity index (χ0n) is 4.23. The normalized spacial score (nSPS) is 9.88. The smallest absolute Gasteiger partial charge is 0.129 e. The summed E-state index contributed by atoms with van der Waals surface area (Å²) in [6.07, 6.45) is 0. The van der Waals surface area contributed by atoms with Crippen LogP contribution in [0, 0.1) is 3.70 Å². The van der Waals surface area contributed by atoms with Crippen LogP contribution in [0.4, 0.5) is 0 Å². The average molecular weight is 287 g/mol. The van der Waals surface area contributed by atoms with E-state index in [2.05, 4.69) is 43.6 Å². The van der Waals surface area contributed by atoms with Crippen LogP contribution in [-0.4, -0.2) is 9.78 Å². The largest absolute Gasteiger partial charge is 0.261 e. The number of aromatic nitrogens is 2. The van der Waals surface area contributed by atoms with Crippen LogP contribution in [-0.2, 0) is 7.05 Å². The van der Waals surface area contributed by atoms with Gasteiger partial charge in [0.15, 0.2) is 0 Å². The lowest BCUT2D eigenvalue weighted by atomic mass is 10.8. The van der Waals surface area contributed by atoms with Crippen molar-refractivity contribution in [2.24, 2.45) is 7.05 Å². The van der Waals surface area contributed by atoms with Crippen LogP contribution in [0.1, 0.15) is 0 Å². The van der Waals surface area contributed by atoms with Crippen molar-refractivity contribution in [1.29, 1.82) is 0 Å². The molecule has 0 saturated carbocycles. The van der Waals surface area contributed by atoms with Gasteiger partial charge >= 0.3 is 0 Å². The molecule has 1 rings (SSSR count). The summed E-state index contributed by atoms with van der Waals surface area (Å²) < 4.78 is 3.84. The van der Waals surface area contributed by atoms with Crippen molar-refractivity contribution in [3.63, 3.8) is 0 Å². The first-order chi connectivity index (χ1) is 3.70. The van der Waals surface area contributed by atoms with Crippen LogP contribution in [0.3, 0.4) is 0 Å². The summed E-state index contributed by atoms with van der Waals surface area (Å²) in [6.45, 7) is 0. The van der Waals surface area contributed by atoms with Gasteiger partial charge in [-0.3, -0.25) is 4.68 Å². The third-order valence-electron chi connectivity index (χ3n) is 0.793. The molecular weight excluding hydrogens is 283 g/mol. The molecule has 8 heavy (non-hydrogen) atoms. The fourth-order valence-corrected chi connectivity index (χ4v) is 1.70. The molecule has 0 bridgehead atoms. The summed E-state index contributed by atoms with van der Waals surface area (Å²) in [6, 6.07) is 1.96. The third-order valence-corrected chi connectivity index (χ3v) is 2.19. The van der Waals surface area contributed by atoms with Crippen LogP contribution >= 0.6 is 38.5 Å². The Morgan fingerprint density at radius 2 is 2.50 bits per heavy atom. The Kier molecular flexibility index (Phi) is 1.92. The van der Waals surface area contributed by atoms with Crippen LogP contribution in [0.25, 0.3) is 0 Å². The highest BCUT2D eigenvalue weighted by Gasteiger charge is 1.95. The van der Waals surface area contributed by atoms with Crippen molar-refractivity contribution in [3.8, 4) is 0 Å². The molecule has 4 heteroatoms. The predicted octanol–water partition coefficient (Wildman–Crippen LogP) is 1.79. The highest BCUT2D eigenvalue weighted by Crippen LogP contribution is 2.10. The second kappa shape index (κ2) is 2.34. The Hall–Kier alpha value is 0.420. The highest BCUT2D eigenvalue weighted by molar-refractivity contribution is 14.1. The van der Waals surface area contributed by atoms with Crippen molar-refractivity contribution in [2.75, 3.05) is 0 Å². The van der Waals surface area contributed by atoms with E-state index in [1.807, 2.05) is 17.8 Å². The van der Waals surface area contributed by atoms with Gasteiger partial charge in [0.2, 0.25) is 0 Å². The lowest BCUT2D eigenvalue weighted by Gasteiger charge is -1.85. The van der Waals surface area contributed by atoms with Gasteiger partial charge in [0.05, 0.1) is 3.70 Å². The molecule has 1 aromatic rings. The van der Waals surface area contributed by atoms with Crippen molar-refractivity contribution in [2.45, 2.75) is 0 Å². The summed E-state index contributed by atoms with van der Waals surface area (Å²) in [5.41, 5.74) is 0. The highest BCUT2D eigenvalue weighted by atomic mass is 127. The average Bonchev–Trinajstić information content (AvgIpc) is 1.85. The molecule has 0 amide bonds. The van der Waals surface area contributed by atoms with E-state index in [-0.39, 0.29) is 0 Å². The first-order valence-corrected chi connectivity index (χ1v) is 3.92. The second-order valence-corrected chi connectivity index (χ2v) is 3.33. The Morgan fingerprint density at radius 3 is 2.62 bits per heavy atom. The number of rotatable bonds is 0. The molecule has 0 aliphatic rings. The van der Waals surface area contributed by atoms with Crippen LogP contribution < -0.4 is 0 Å². The fraction of sp³-hybridized carbons (Fsp3) is 0.250. The molecular formula is C4H4BrIN2. The quantitative estimate of drug-likeness (QED) is 0.665. The molecule has 0 aliphatic heterocycles. The van der Waals surface area contributed by atoms with Gasteiger partial charge in [-0.05, 0) is 38.5 Å². The Morgan fingerprint density at radius 1 is 1.88 bits per heavy atom. The molecule has 0 N–H and O–H groups in total. The van der Waals surface area contributed by atoms with Crippen LogP contribution in [0.15, 0.2) is 10.7 Å². The summed E-state index contributed by atoms with van der Waals surface area (Å²) >= 11 is 5.46. The lowest BCUT2D eigenvalue weighted by molar-refractivity contribution is 0.741. The number of halogens is 2. The van der Waals surface area contributed by atoms with E-state index in [1.54, 1.807) is 0 Å². The molecule has 0 aliphatic carbocycles.